The smallest absolute Gasteiger partial charge is 0.0719 e. The van der Waals surface area contributed by atoms with Crippen LogP contribution in [0.3, 0.4) is 0 Å². The van der Waals surface area contributed by atoms with E-state index in [-0.39, 0.29) is 10.8 Å². The predicted molar refractivity (Wildman–Crippen MR) is 300 cm³/mol. The highest BCUT2D eigenvalue weighted by Crippen LogP contribution is 2.63. The van der Waals surface area contributed by atoms with Gasteiger partial charge in [0.05, 0.1) is 5.41 Å². The van der Waals surface area contributed by atoms with Gasteiger partial charge in [0.15, 0.2) is 0 Å². The minimum absolute atomic E-state index is 0.148. The van der Waals surface area contributed by atoms with Crippen LogP contribution in [0, 0.1) is 0 Å². The van der Waals surface area contributed by atoms with E-state index in [0.29, 0.717) is 0 Å². The van der Waals surface area contributed by atoms with Crippen LogP contribution >= 0.6 is 0 Å². The summed E-state index contributed by atoms with van der Waals surface area (Å²) in [6.45, 7) is 17.2. The summed E-state index contributed by atoms with van der Waals surface area (Å²) in [6.07, 6.45) is 17.3. The molecule has 0 bridgehead atoms. The standard InChI is InChI=1S/C69H63N/c1-7-23-51(52-24-10-8-11-25-52)28-21-46-70-47-22-45-67(3,4)65-48-55(43-44-56(65)49(2)37-38-50-39-41-54(42-40-50)53-26-12-9-13-27-53)57-30-20-36-64-66(57)58-29-14-15-31-59(58)69(64)62-34-18-16-32-60(62)68(5,6)61-33-17-19-35-63(61)69/h8-44,47-48,70H,2,7,45-46H2,1,3-6H3/b28-21-,38-37-,47-22+,51-23+. The fraction of sp³-hybridized carbons (Fsp3) is 0.159. The van der Waals surface area contributed by atoms with Crippen LogP contribution in [-0.2, 0) is 16.2 Å². The van der Waals surface area contributed by atoms with Gasteiger partial charge in [-0.15, -0.1) is 0 Å². The number of allylic oxidation sites excluding steroid dienone is 6. The minimum Gasteiger partial charge on any atom is -0.388 e. The Hall–Kier alpha value is -7.74. The second-order valence-corrected chi connectivity index (χ2v) is 20.1. The molecule has 0 fully saturated rings. The zero-order valence-electron chi connectivity index (χ0n) is 41.3. The highest BCUT2D eigenvalue weighted by atomic mass is 14.8. The molecule has 0 saturated heterocycles. The number of hydrogen-bond acceptors (Lipinski definition) is 1. The third-order valence-corrected chi connectivity index (χ3v) is 14.9. The van der Waals surface area contributed by atoms with E-state index >= 15 is 0 Å². The number of nitrogens with one attached hydrogen (secondary N) is 1. The number of rotatable bonds is 14. The van der Waals surface area contributed by atoms with Crippen molar-refractivity contribution in [3.8, 4) is 33.4 Å². The average molecular weight is 906 g/mol. The van der Waals surface area contributed by atoms with E-state index in [1.54, 1.807) is 0 Å². The molecule has 70 heavy (non-hydrogen) atoms. The normalized spacial score (nSPS) is 14.4. The maximum Gasteiger partial charge on any atom is 0.0719 e. The molecule has 10 rings (SSSR count). The zero-order chi connectivity index (χ0) is 48.3. The zero-order valence-corrected chi connectivity index (χ0v) is 41.3. The summed E-state index contributed by atoms with van der Waals surface area (Å²) in [4.78, 5) is 0. The summed E-state index contributed by atoms with van der Waals surface area (Å²) in [7, 11) is 0. The van der Waals surface area contributed by atoms with Gasteiger partial charge in [0.2, 0.25) is 0 Å². The Balaban J connectivity index is 1.03. The van der Waals surface area contributed by atoms with Gasteiger partial charge in [0.25, 0.3) is 0 Å². The SMILES string of the molecule is C=C(/C=C\c1ccc(-c2ccccc2)cc1)c1ccc(-c2cccc3c2-c2ccccc2C32c3ccccc3C(C)(C)c3ccccc32)cc1C(C)(C)C/C=C/NC/C=C\C(=C/CC)c1ccccc1. The van der Waals surface area contributed by atoms with Gasteiger partial charge in [-0.3, -0.25) is 0 Å². The first kappa shape index (κ1) is 46.0. The van der Waals surface area contributed by atoms with Crippen molar-refractivity contribution >= 4 is 17.2 Å². The van der Waals surface area contributed by atoms with Crippen LogP contribution in [0.4, 0.5) is 0 Å². The summed E-state index contributed by atoms with van der Waals surface area (Å²) in [6, 6.07) is 71.7. The second-order valence-electron chi connectivity index (χ2n) is 20.1. The Morgan fingerprint density at radius 3 is 1.81 bits per heavy atom. The van der Waals surface area contributed by atoms with Crippen LogP contribution < -0.4 is 5.32 Å². The van der Waals surface area contributed by atoms with E-state index in [0.717, 1.165) is 36.1 Å². The fourth-order valence-electron chi connectivity index (χ4n) is 11.4. The van der Waals surface area contributed by atoms with E-state index in [1.807, 2.05) is 0 Å². The number of benzene rings is 8. The van der Waals surface area contributed by atoms with Crippen molar-refractivity contribution in [1.82, 2.24) is 5.32 Å². The summed E-state index contributed by atoms with van der Waals surface area (Å²) in [5.74, 6) is 0. The first-order chi connectivity index (χ1) is 34.1. The van der Waals surface area contributed by atoms with Crippen LogP contribution in [0.2, 0.25) is 0 Å². The molecule has 0 heterocycles. The van der Waals surface area contributed by atoms with Crippen molar-refractivity contribution in [2.75, 3.05) is 6.54 Å². The van der Waals surface area contributed by atoms with Gasteiger partial charge in [-0.2, -0.15) is 0 Å². The van der Waals surface area contributed by atoms with E-state index in [1.165, 1.54) is 83.5 Å². The lowest BCUT2D eigenvalue weighted by Crippen LogP contribution is -2.40. The third kappa shape index (κ3) is 8.34. The largest absolute Gasteiger partial charge is 0.388 e. The van der Waals surface area contributed by atoms with Crippen molar-refractivity contribution in [3.63, 3.8) is 0 Å². The van der Waals surface area contributed by atoms with Crippen LogP contribution in [0.5, 0.6) is 0 Å². The lowest BCUT2D eigenvalue weighted by atomic mass is 9.55. The van der Waals surface area contributed by atoms with Gasteiger partial charge in [0.1, 0.15) is 0 Å². The monoisotopic (exact) mass is 905 g/mol. The van der Waals surface area contributed by atoms with Crippen LogP contribution in [0.15, 0.2) is 237 Å². The summed E-state index contributed by atoms with van der Waals surface area (Å²) in [5.41, 5.74) is 22.0. The lowest BCUT2D eigenvalue weighted by molar-refractivity contribution is 0.532. The molecule has 0 aliphatic heterocycles. The van der Waals surface area contributed by atoms with Crippen LogP contribution in [0.1, 0.15) is 103 Å². The Morgan fingerprint density at radius 1 is 0.557 bits per heavy atom. The summed E-state index contributed by atoms with van der Waals surface area (Å²) < 4.78 is 0. The molecule has 344 valence electrons. The summed E-state index contributed by atoms with van der Waals surface area (Å²) in [5, 5.41) is 3.55. The van der Waals surface area contributed by atoms with Crippen LogP contribution in [0.25, 0.3) is 50.6 Å². The average Bonchev–Trinajstić information content (AvgIpc) is 3.70. The molecular formula is C69H63N. The van der Waals surface area contributed by atoms with Crippen molar-refractivity contribution in [1.29, 1.82) is 0 Å². The van der Waals surface area contributed by atoms with E-state index in [4.69, 9.17) is 6.58 Å². The van der Waals surface area contributed by atoms with Crippen molar-refractivity contribution < 1.29 is 0 Å². The molecule has 2 aliphatic rings. The van der Waals surface area contributed by atoms with Crippen molar-refractivity contribution in [2.45, 2.75) is 63.7 Å². The number of hydrogen-bond donors (Lipinski definition) is 1. The first-order valence-electron chi connectivity index (χ1n) is 25.0. The Bertz CT molecular complexity index is 3270. The highest BCUT2D eigenvalue weighted by molar-refractivity contribution is 5.97. The summed E-state index contributed by atoms with van der Waals surface area (Å²) >= 11 is 0. The lowest BCUT2D eigenvalue weighted by Gasteiger charge is -2.46. The van der Waals surface area contributed by atoms with Gasteiger partial charge in [-0.25, -0.2) is 0 Å². The third-order valence-electron chi connectivity index (χ3n) is 14.9. The molecule has 1 nitrogen and oxygen atoms in total. The molecule has 0 radical (unpaired) electrons. The Labute approximate surface area is 417 Å². The number of fused-ring (bicyclic) bond motifs is 9. The molecule has 0 atom stereocenters. The first-order valence-corrected chi connectivity index (χ1v) is 25.0. The molecule has 0 unspecified atom stereocenters. The van der Waals surface area contributed by atoms with Crippen molar-refractivity contribution in [3.05, 3.63) is 293 Å². The molecule has 0 amide bonds. The molecule has 0 aromatic heterocycles. The molecule has 8 aromatic carbocycles. The van der Waals surface area contributed by atoms with Gasteiger partial charge < -0.3 is 5.32 Å². The van der Waals surface area contributed by atoms with E-state index in [2.05, 4.69) is 277 Å². The van der Waals surface area contributed by atoms with E-state index in [9.17, 15) is 0 Å². The minimum atomic E-state index is -0.451. The Kier molecular flexibility index (Phi) is 12.7. The topological polar surface area (TPSA) is 12.0 Å². The maximum absolute atomic E-state index is 4.73. The molecule has 8 aromatic rings. The highest BCUT2D eigenvalue weighted by Gasteiger charge is 2.53. The maximum atomic E-state index is 4.73. The molecule has 0 saturated carbocycles. The fourth-order valence-corrected chi connectivity index (χ4v) is 11.4. The molecule has 1 spiro atoms. The quantitative estimate of drug-likeness (QED) is 0.0847. The van der Waals surface area contributed by atoms with Gasteiger partial charge in [-0.05, 0) is 131 Å². The molecule has 2 aliphatic carbocycles. The molecule has 1 N–H and O–H groups in total. The second kappa shape index (κ2) is 19.3. The van der Waals surface area contributed by atoms with Crippen molar-refractivity contribution in [2.24, 2.45) is 0 Å². The molecular weight excluding hydrogens is 843 g/mol. The molecule has 1 heteroatoms. The van der Waals surface area contributed by atoms with Crippen LogP contribution in [-0.4, -0.2) is 6.54 Å². The van der Waals surface area contributed by atoms with E-state index < -0.39 is 5.41 Å². The van der Waals surface area contributed by atoms with Gasteiger partial charge in [-0.1, -0.05) is 266 Å². The van der Waals surface area contributed by atoms with Gasteiger partial charge >= 0.3 is 0 Å². The predicted octanol–water partition coefficient (Wildman–Crippen LogP) is 17.6. The Morgan fingerprint density at radius 2 is 1.13 bits per heavy atom. The van der Waals surface area contributed by atoms with Gasteiger partial charge in [0, 0.05) is 12.0 Å².